The van der Waals surface area contributed by atoms with Crippen molar-refractivity contribution >= 4 is 5.91 Å². The number of fused-ring (bicyclic) bond motifs is 1. The zero-order valence-electron chi connectivity index (χ0n) is 22.2. The summed E-state index contributed by atoms with van der Waals surface area (Å²) in [5.41, 5.74) is 3.58. The maximum Gasteiger partial charge on any atom is 0.255 e. The van der Waals surface area contributed by atoms with E-state index in [2.05, 4.69) is 29.7 Å². The maximum absolute atomic E-state index is 13.9. The van der Waals surface area contributed by atoms with Gasteiger partial charge in [-0.2, -0.15) is 0 Å². The van der Waals surface area contributed by atoms with Gasteiger partial charge in [-0.25, -0.2) is 8.78 Å². The average molecular weight is 523 g/mol. The van der Waals surface area contributed by atoms with Crippen molar-refractivity contribution < 1.29 is 23.4 Å². The number of ether oxygens (including phenoxy) is 1. The molecule has 3 N–H and O–H groups in total. The first-order valence-electron chi connectivity index (χ1n) is 13.2. The van der Waals surface area contributed by atoms with E-state index in [1.165, 1.54) is 17.7 Å². The van der Waals surface area contributed by atoms with Crippen molar-refractivity contribution in [2.24, 2.45) is 0 Å². The number of benzene rings is 3. The molecule has 7 heteroatoms. The highest BCUT2D eigenvalue weighted by molar-refractivity contribution is 5.97. The normalized spacial score (nSPS) is 15.7. The van der Waals surface area contributed by atoms with E-state index in [9.17, 15) is 18.7 Å². The summed E-state index contributed by atoms with van der Waals surface area (Å²) < 4.78 is 34.0. The van der Waals surface area contributed by atoms with Gasteiger partial charge in [0.05, 0.1) is 17.7 Å². The first-order valence-corrected chi connectivity index (χ1v) is 13.2. The topological polar surface area (TPSA) is 70.6 Å². The first-order chi connectivity index (χ1) is 18.1. The molecule has 0 radical (unpaired) electrons. The van der Waals surface area contributed by atoms with Gasteiger partial charge in [0.1, 0.15) is 23.0 Å². The lowest BCUT2D eigenvalue weighted by atomic mass is 9.92. The second kappa shape index (κ2) is 12.0. The maximum atomic E-state index is 13.9. The number of aryl methyl sites for hydroxylation is 2. The molecule has 0 saturated carbocycles. The molecular weight excluding hydrogens is 486 g/mol. The third-order valence-corrected chi connectivity index (χ3v) is 6.96. The molecule has 4 rings (SSSR count). The van der Waals surface area contributed by atoms with E-state index in [0.717, 1.165) is 36.5 Å². The molecule has 0 saturated heterocycles. The number of aliphatic hydroxyl groups is 1. The standard InChI is InChI=1S/C31H36F2N2O3/c1-4-20-7-5-8-21(13-20)18-34-19-28(36)27(16-22-14-24(32)17-25(33)15-22)35-30(37)26-10-6-9-23-11-12-31(2,3)38-29(23)26/h5-10,13-15,17,27-28,34,36H,4,11-12,16,18-19H2,1-3H3,(H,35,37)/t27-,28+/m0/s1. The quantitative estimate of drug-likeness (QED) is 0.346. The fraction of sp³-hybridized carbons (Fsp3) is 0.387. The highest BCUT2D eigenvalue weighted by Gasteiger charge is 2.31. The van der Waals surface area contributed by atoms with Crippen molar-refractivity contribution in [1.29, 1.82) is 0 Å². The molecule has 0 aliphatic carbocycles. The van der Waals surface area contributed by atoms with Gasteiger partial charge in [-0.1, -0.05) is 43.3 Å². The fourth-order valence-corrected chi connectivity index (χ4v) is 4.82. The Kier molecular flexibility index (Phi) is 8.80. The van der Waals surface area contributed by atoms with Crippen LogP contribution in [0, 0.1) is 11.6 Å². The lowest BCUT2D eigenvalue weighted by Gasteiger charge is -2.34. The molecule has 0 unspecified atom stereocenters. The lowest BCUT2D eigenvalue weighted by Crippen LogP contribution is -2.49. The summed E-state index contributed by atoms with van der Waals surface area (Å²) in [5.74, 6) is -1.28. The predicted octanol–water partition coefficient (Wildman–Crippen LogP) is 5.12. The minimum atomic E-state index is -1.02. The largest absolute Gasteiger partial charge is 0.487 e. The number of carbonyl (C=O) groups excluding carboxylic acids is 1. The van der Waals surface area contributed by atoms with Crippen LogP contribution in [0.2, 0.25) is 0 Å². The van der Waals surface area contributed by atoms with Crippen LogP contribution in [0.3, 0.4) is 0 Å². The van der Waals surface area contributed by atoms with Crippen LogP contribution in [0.15, 0.2) is 60.7 Å². The van der Waals surface area contributed by atoms with Crippen molar-refractivity contribution in [3.05, 3.63) is 100 Å². The molecule has 3 aromatic carbocycles. The van der Waals surface area contributed by atoms with Gasteiger partial charge >= 0.3 is 0 Å². The Morgan fingerprint density at radius 3 is 2.47 bits per heavy atom. The zero-order valence-corrected chi connectivity index (χ0v) is 22.2. The highest BCUT2D eigenvalue weighted by atomic mass is 19.1. The van der Waals surface area contributed by atoms with Crippen molar-refractivity contribution in [3.8, 4) is 5.75 Å². The van der Waals surface area contributed by atoms with Gasteiger partial charge in [0, 0.05) is 19.2 Å². The number of hydrogen-bond donors (Lipinski definition) is 3. The molecule has 0 spiro atoms. The Balaban J connectivity index is 1.51. The number of carbonyl (C=O) groups is 1. The van der Waals surface area contributed by atoms with Crippen LogP contribution in [0.25, 0.3) is 0 Å². The van der Waals surface area contributed by atoms with Crippen LogP contribution in [0.1, 0.15) is 59.8 Å². The van der Waals surface area contributed by atoms with E-state index in [-0.39, 0.29) is 13.0 Å². The Labute approximate surface area is 223 Å². The highest BCUT2D eigenvalue weighted by Crippen LogP contribution is 2.35. The van der Waals surface area contributed by atoms with E-state index >= 15 is 0 Å². The molecule has 0 bridgehead atoms. The molecule has 5 nitrogen and oxygen atoms in total. The Morgan fingerprint density at radius 1 is 1.03 bits per heavy atom. The number of rotatable bonds is 10. The van der Waals surface area contributed by atoms with E-state index in [1.54, 1.807) is 6.07 Å². The number of para-hydroxylation sites is 1. The number of amides is 1. The van der Waals surface area contributed by atoms with Crippen LogP contribution >= 0.6 is 0 Å². The second-order valence-corrected chi connectivity index (χ2v) is 10.6. The summed E-state index contributed by atoms with van der Waals surface area (Å²) in [4.78, 5) is 13.5. The third-order valence-electron chi connectivity index (χ3n) is 6.96. The predicted molar refractivity (Wildman–Crippen MR) is 144 cm³/mol. The van der Waals surface area contributed by atoms with Crippen molar-refractivity contribution in [1.82, 2.24) is 10.6 Å². The number of nitrogens with one attached hydrogen (secondary N) is 2. The summed E-state index contributed by atoms with van der Waals surface area (Å²) in [6.45, 7) is 6.77. The van der Waals surface area contributed by atoms with Crippen molar-refractivity contribution in [2.45, 2.75) is 70.7 Å². The molecule has 2 atom stereocenters. The lowest BCUT2D eigenvalue weighted by molar-refractivity contribution is 0.0749. The molecule has 0 fully saturated rings. The molecule has 1 amide bonds. The van der Waals surface area contributed by atoms with Gasteiger partial charge in [0.25, 0.3) is 5.91 Å². The summed E-state index contributed by atoms with van der Waals surface area (Å²) >= 11 is 0. The first kappa shape index (κ1) is 27.7. The second-order valence-electron chi connectivity index (χ2n) is 10.6. The summed E-state index contributed by atoms with van der Waals surface area (Å²) in [7, 11) is 0. The minimum absolute atomic E-state index is 0.0515. The summed E-state index contributed by atoms with van der Waals surface area (Å²) in [6, 6.07) is 16.1. The smallest absolute Gasteiger partial charge is 0.255 e. The van der Waals surface area contributed by atoms with Crippen LogP contribution in [0.4, 0.5) is 8.78 Å². The van der Waals surface area contributed by atoms with Crippen molar-refractivity contribution in [2.75, 3.05) is 6.54 Å². The Bertz CT molecular complexity index is 1260. The Morgan fingerprint density at radius 2 is 1.74 bits per heavy atom. The summed E-state index contributed by atoms with van der Waals surface area (Å²) in [5, 5.41) is 17.3. The molecule has 1 aliphatic heterocycles. The monoisotopic (exact) mass is 522 g/mol. The van der Waals surface area contributed by atoms with E-state index in [0.29, 0.717) is 23.4 Å². The van der Waals surface area contributed by atoms with Crippen LogP contribution in [0.5, 0.6) is 5.75 Å². The van der Waals surface area contributed by atoms with Crippen LogP contribution < -0.4 is 15.4 Å². The molecule has 3 aromatic rings. The van der Waals surface area contributed by atoms with E-state index in [4.69, 9.17) is 4.74 Å². The van der Waals surface area contributed by atoms with E-state index in [1.807, 2.05) is 38.1 Å². The minimum Gasteiger partial charge on any atom is -0.487 e. The number of halogens is 2. The number of hydrogen-bond acceptors (Lipinski definition) is 4. The number of aliphatic hydroxyl groups excluding tert-OH is 1. The zero-order chi connectivity index (χ0) is 27.3. The Hall–Kier alpha value is -3.29. The van der Waals surface area contributed by atoms with Gasteiger partial charge in [-0.15, -0.1) is 0 Å². The molecule has 0 aromatic heterocycles. The molecule has 1 aliphatic rings. The fourth-order valence-electron chi connectivity index (χ4n) is 4.82. The average Bonchev–Trinajstić information content (AvgIpc) is 2.87. The molecule has 38 heavy (non-hydrogen) atoms. The van der Waals surface area contributed by atoms with Gasteiger partial charge in [0.15, 0.2) is 0 Å². The molecular formula is C31H36F2N2O3. The van der Waals surface area contributed by atoms with Gasteiger partial charge in [-0.05, 0) is 80.0 Å². The van der Waals surface area contributed by atoms with Crippen LogP contribution in [-0.2, 0) is 25.8 Å². The van der Waals surface area contributed by atoms with Gasteiger partial charge < -0.3 is 20.5 Å². The SMILES string of the molecule is CCc1cccc(CNC[C@@H](O)[C@H](Cc2cc(F)cc(F)c2)NC(=O)c2cccc3c2OC(C)(C)CC3)c1. The van der Waals surface area contributed by atoms with E-state index < -0.39 is 35.3 Å². The van der Waals surface area contributed by atoms with Gasteiger partial charge in [-0.3, -0.25) is 4.79 Å². The van der Waals surface area contributed by atoms with Gasteiger partial charge in [0.2, 0.25) is 0 Å². The molecule has 1 heterocycles. The van der Waals surface area contributed by atoms with Crippen LogP contribution in [-0.4, -0.2) is 35.3 Å². The third kappa shape index (κ3) is 7.17. The molecule has 202 valence electrons. The summed E-state index contributed by atoms with van der Waals surface area (Å²) in [6.07, 6.45) is 1.59. The van der Waals surface area contributed by atoms with Crippen molar-refractivity contribution in [3.63, 3.8) is 0 Å².